The summed E-state index contributed by atoms with van der Waals surface area (Å²) in [5.41, 5.74) is 0.761. The molecule has 0 spiro atoms. The summed E-state index contributed by atoms with van der Waals surface area (Å²) < 4.78 is 6.20. The van der Waals surface area contributed by atoms with Gasteiger partial charge in [-0.3, -0.25) is 4.79 Å². The molecule has 0 aliphatic heterocycles. The highest BCUT2D eigenvalue weighted by Crippen LogP contribution is 2.30. The molecule has 3 rings (SSSR count). The Labute approximate surface area is 139 Å². The number of halogens is 2. The van der Waals surface area contributed by atoms with Crippen LogP contribution in [0.1, 0.15) is 11.3 Å². The number of hydrogen-bond donors (Lipinski definition) is 1. The predicted molar refractivity (Wildman–Crippen MR) is 92.2 cm³/mol. The maximum absolute atomic E-state index is 12.2. The zero-order valence-electron chi connectivity index (χ0n) is 11.2. The Balaban J connectivity index is 2.17. The van der Waals surface area contributed by atoms with E-state index in [1.165, 1.54) is 6.07 Å². The molecule has 5 heteroatoms. The molecule has 1 N–H and O–H groups in total. The number of hydrogen-bond acceptors (Lipinski definition) is 3. The zero-order chi connectivity index (χ0) is 15.7. The first-order valence-electron chi connectivity index (χ1n) is 6.44. The molecule has 1 heterocycles. The van der Waals surface area contributed by atoms with Crippen LogP contribution in [0.5, 0.6) is 5.75 Å². The second-order valence-electron chi connectivity index (χ2n) is 4.65. The minimum absolute atomic E-state index is 0.101. The van der Waals surface area contributed by atoms with E-state index in [9.17, 15) is 9.90 Å². The van der Waals surface area contributed by atoms with E-state index in [-0.39, 0.29) is 11.1 Å². The third kappa shape index (κ3) is 2.80. The fourth-order valence-corrected chi connectivity index (χ4v) is 2.97. The van der Waals surface area contributed by atoms with Crippen LogP contribution in [0.3, 0.4) is 0 Å². The lowest BCUT2D eigenvalue weighted by Crippen LogP contribution is -2.02. The lowest BCUT2D eigenvalue weighted by Gasteiger charge is -2.04. The topological polar surface area (TPSA) is 50.4 Å². The van der Waals surface area contributed by atoms with Crippen molar-refractivity contribution in [2.24, 2.45) is 0 Å². The van der Waals surface area contributed by atoms with Gasteiger partial charge >= 0.3 is 0 Å². The van der Waals surface area contributed by atoms with Gasteiger partial charge < -0.3 is 9.52 Å². The molecular weight excluding hydrogens is 368 g/mol. The smallest absolute Gasteiger partial charge is 0.235 e. The Hall–Kier alpha value is -2.04. The Morgan fingerprint density at radius 1 is 1.14 bits per heavy atom. The lowest BCUT2D eigenvalue weighted by molar-refractivity contribution is 0.437. The monoisotopic (exact) mass is 376 g/mol. The number of benzene rings is 2. The number of aromatic hydroxyl groups is 1. The molecule has 2 aromatic carbocycles. The Morgan fingerprint density at radius 3 is 2.59 bits per heavy atom. The summed E-state index contributed by atoms with van der Waals surface area (Å²) in [4.78, 5) is 12.2. The molecule has 3 nitrogen and oxygen atoms in total. The second-order valence-corrected chi connectivity index (χ2v) is 5.94. The van der Waals surface area contributed by atoms with Crippen molar-refractivity contribution < 1.29 is 9.52 Å². The number of fused-ring (bicyclic) bond motifs is 1. The molecule has 0 aliphatic rings. The van der Waals surface area contributed by atoms with Gasteiger partial charge in [-0.15, -0.1) is 0 Å². The summed E-state index contributed by atoms with van der Waals surface area (Å²) >= 11 is 9.24. The Morgan fingerprint density at radius 2 is 1.86 bits per heavy atom. The van der Waals surface area contributed by atoms with Gasteiger partial charge in [0.05, 0.1) is 9.86 Å². The van der Waals surface area contributed by atoms with Gasteiger partial charge in [-0.25, -0.2) is 0 Å². The van der Waals surface area contributed by atoms with Crippen molar-refractivity contribution in [3.05, 3.63) is 73.5 Å². The van der Waals surface area contributed by atoms with Crippen LogP contribution in [0.4, 0.5) is 0 Å². The van der Waals surface area contributed by atoms with Crippen LogP contribution in [0.15, 0.2) is 56.1 Å². The highest BCUT2D eigenvalue weighted by atomic mass is 79.9. The van der Waals surface area contributed by atoms with Crippen LogP contribution >= 0.6 is 27.5 Å². The molecule has 1 aromatic heterocycles. The van der Waals surface area contributed by atoms with Gasteiger partial charge in [0, 0.05) is 5.02 Å². The van der Waals surface area contributed by atoms with E-state index in [4.69, 9.17) is 16.0 Å². The van der Waals surface area contributed by atoms with Crippen molar-refractivity contribution in [2.75, 3.05) is 0 Å². The summed E-state index contributed by atoms with van der Waals surface area (Å²) in [5, 5.41) is 10.7. The molecule has 0 amide bonds. The first kappa shape index (κ1) is 14.9. The standard InChI is InChI=1S/C17H10BrClO3/c18-13-9-11(19)8-12-15(20)16(21)14(22-17(12)13)7-6-10-4-2-1-3-5-10/h1-9,21H/b7-6+. The minimum atomic E-state index is -0.517. The molecule has 0 aliphatic carbocycles. The molecule has 0 unspecified atom stereocenters. The summed E-state index contributed by atoms with van der Waals surface area (Å²) in [7, 11) is 0. The van der Waals surface area contributed by atoms with Crippen molar-refractivity contribution in [2.45, 2.75) is 0 Å². The number of rotatable bonds is 2. The molecule has 0 saturated heterocycles. The van der Waals surface area contributed by atoms with Crippen molar-refractivity contribution in [1.29, 1.82) is 0 Å². The van der Waals surface area contributed by atoms with Crippen LogP contribution in [-0.2, 0) is 0 Å². The second kappa shape index (κ2) is 5.99. The summed E-state index contributed by atoms with van der Waals surface area (Å²) in [6, 6.07) is 12.6. The SMILES string of the molecule is O=c1c(O)c(/C=C/c2ccccc2)oc2c(Br)cc(Cl)cc12. The molecule has 3 aromatic rings. The van der Waals surface area contributed by atoms with Crippen LogP contribution in [-0.4, -0.2) is 5.11 Å². The van der Waals surface area contributed by atoms with Crippen molar-refractivity contribution in [1.82, 2.24) is 0 Å². The van der Waals surface area contributed by atoms with Crippen molar-refractivity contribution >= 4 is 50.7 Å². The maximum Gasteiger partial charge on any atom is 0.235 e. The van der Waals surface area contributed by atoms with E-state index < -0.39 is 11.2 Å². The molecule has 0 fully saturated rings. The van der Waals surface area contributed by atoms with Gasteiger partial charge in [-0.1, -0.05) is 48.0 Å². The lowest BCUT2D eigenvalue weighted by atomic mass is 10.1. The first-order valence-corrected chi connectivity index (χ1v) is 7.61. The zero-order valence-corrected chi connectivity index (χ0v) is 13.6. The predicted octanol–water partition coefficient (Wildman–Crippen LogP) is 5.08. The van der Waals surface area contributed by atoms with Crippen LogP contribution in [0.2, 0.25) is 5.02 Å². The molecule has 0 atom stereocenters. The van der Waals surface area contributed by atoms with E-state index in [2.05, 4.69) is 15.9 Å². The van der Waals surface area contributed by atoms with Crippen molar-refractivity contribution in [3.63, 3.8) is 0 Å². The third-order valence-electron chi connectivity index (χ3n) is 3.14. The van der Waals surface area contributed by atoms with Gasteiger partial charge in [0.15, 0.2) is 11.3 Å². The van der Waals surface area contributed by atoms with Gasteiger partial charge in [-0.2, -0.15) is 0 Å². The highest BCUT2D eigenvalue weighted by molar-refractivity contribution is 9.10. The average molecular weight is 378 g/mol. The van der Waals surface area contributed by atoms with E-state index in [0.717, 1.165) is 5.56 Å². The largest absolute Gasteiger partial charge is 0.502 e. The third-order valence-corrected chi connectivity index (χ3v) is 3.95. The summed E-state index contributed by atoms with van der Waals surface area (Å²) in [5.74, 6) is -0.335. The summed E-state index contributed by atoms with van der Waals surface area (Å²) in [6.07, 6.45) is 3.32. The normalized spacial score (nSPS) is 11.4. The van der Waals surface area contributed by atoms with Crippen LogP contribution < -0.4 is 5.43 Å². The van der Waals surface area contributed by atoms with E-state index in [0.29, 0.717) is 15.1 Å². The van der Waals surface area contributed by atoms with Gasteiger partial charge in [0.25, 0.3) is 0 Å². The molecule has 0 saturated carbocycles. The van der Waals surface area contributed by atoms with E-state index >= 15 is 0 Å². The van der Waals surface area contributed by atoms with Crippen LogP contribution in [0, 0.1) is 0 Å². The molecule has 110 valence electrons. The van der Waals surface area contributed by atoms with Gasteiger partial charge in [0.2, 0.25) is 11.2 Å². The molecule has 0 bridgehead atoms. The quantitative estimate of drug-likeness (QED) is 0.677. The fourth-order valence-electron chi connectivity index (χ4n) is 2.08. The highest BCUT2D eigenvalue weighted by Gasteiger charge is 2.14. The molecule has 0 radical (unpaired) electrons. The first-order chi connectivity index (χ1) is 10.6. The molecular formula is C17H10BrClO3. The maximum atomic E-state index is 12.2. The van der Waals surface area contributed by atoms with E-state index in [1.54, 1.807) is 18.2 Å². The van der Waals surface area contributed by atoms with Crippen LogP contribution in [0.25, 0.3) is 23.1 Å². The Kier molecular flexibility index (Phi) is 4.05. The fraction of sp³-hybridized carbons (Fsp3) is 0. The van der Waals surface area contributed by atoms with Gasteiger partial charge in [-0.05, 0) is 39.7 Å². The Bertz CT molecular complexity index is 930. The van der Waals surface area contributed by atoms with Crippen molar-refractivity contribution in [3.8, 4) is 5.75 Å². The summed E-state index contributed by atoms with van der Waals surface area (Å²) in [6.45, 7) is 0. The van der Waals surface area contributed by atoms with Gasteiger partial charge in [0.1, 0.15) is 0 Å². The average Bonchev–Trinajstić information content (AvgIpc) is 2.51. The van der Waals surface area contributed by atoms with E-state index in [1.807, 2.05) is 30.3 Å². The molecule has 22 heavy (non-hydrogen) atoms. The minimum Gasteiger partial charge on any atom is -0.502 e.